The van der Waals surface area contributed by atoms with Crippen molar-refractivity contribution in [3.05, 3.63) is 69.6 Å². The number of hydrogen-bond donors (Lipinski definition) is 3. The zero-order chi connectivity index (χ0) is 26.4. The summed E-state index contributed by atoms with van der Waals surface area (Å²) in [7, 11) is -4.41. The van der Waals surface area contributed by atoms with Crippen molar-refractivity contribution in [2.45, 2.75) is 51.5 Å². The topological polar surface area (TPSA) is 132 Å². The van der Waals surface area contributed by atoms with Crippen molar-refractivity contribution in [2.75, 3.05) is 11.4 Å². The van der Waals surface area contributed by atoms with E-state index in [2.05, 4.69) is 25.8 Å². The lowest BCUT2D eigenvalue weighted by Crippen LogP contribution is -2.44. The van der Waals surface area contributed by atoms with E-state index in [0.717, 1.165) is 18.1 Å². The zero-order valence-electron chi connectivity index (χ0n) is 20.9. The van der Waals surface area contributed by atoms with Crippen molar-refractivity contribution in [3.8, 4) is 17.0 Å². The van der Waals surface area contributed by atoms with Crippen LogP contribution in [0, 0.1) is 19.8 Å². The summed E-state index contributed by atoms with van der Waals surface area (Å²) in [5.74, 6) is 0.00911. The third-order valence-electron chi connectivity index (χ3n) is 7.15. The molecule has 4 rings (SSSR count). The van der Waals surface area contributed by atoms with E-state index in [9.17, 15) is 23.1 Å². The van der Waals surface area contributed by atoms with Crippen molar-refractivity contribution in [1.29, 1.82) is 0 Å². The van der Waals surface area contributed by atoms with Gasteiger partial charge in [-0.25, -0.2) is 18.1 Å². The molecule has 1 aliphatic rings. The van der Waals surface area contributed by atoms with E-state index in [1.165, 1.54) is 12.3 Å². The van der Waals surface area contributed by atoms with Crippen LogP contribution < -0.4 is 15.2 Å². The second-order valence-corrected chi connectivity index (χ2v) is 11.5. The molecule has 0 bridgehead atoms. The molecule has 0 spiro atoms. The monoisotopic (exact) mass is 510 g/mol. The van der Waals surface area contributed by atoms with Crippen LogP contribution in [0.25, 0.3) is 11.3 Å². The Morgan fingerprint density at radius 3 is 2.44 bits per heavy atom. The highest BCUT2D eigenvalue weighted by molar-refractivity contribution is 7.90. The van der Waals surface area contributed by atoms with E-state index in [4.69, 9.17) is 4.98 Å². The van der Waals surface area contributed by atoms with Gasteiger partial charge < -0.3 is 15.0 Å². The van der Waals surface area contributed by atoms with Gasteiger partial charge in [0.25, 0.3) is 21.5 Å². The predicted octanol–water partition coefficient (Wildman–Crippen LogP) is 3.50. The normalized spacial score (nSPS) is 17.2. The number of phenolic OH excluding ortho intramolecular Hbond substituents is 1. The fourth-order valence-corrected chi connectivity index (χ4v) is 5.58. The van der Waals surface area contributed by atoms with Crippen molar-refractivity contribution >= 4 is 21.7 Å². The molecule has 3 N–H and O–H groups in total. The van der Waals surface area contributed by atoms with Gasteiger partial charge in [0.2, 0.25) is 0 Å². The van der Waals surface area contributed by atoms with Crippen molar-refractivity contribution in [3.63, 3.8) is 0 Å². The predicted molar refractivity (Wildman–Crippen MR) is 138 cm³/mol. The molecule has 10 heteroatoms. The Morgan fingerprint density at radius 1 is 1.19 bits per heavy atom. The van der Waals surface area contributed by atoms with Gasteiger partial charge in [0.05, 0.1) is 11.3 Å². The first kappa shape index (κ1) is 25.4. The van der Waals surface area contributed by atoms with Crippen LogP contribution in [-0.2, 0) is 10.0 Å². The number of sulfonamides is 1. The van der Waals surface area contributed by atoms with Crippen LogP contribution in [0.1, 0.15) is 48.7 Å². The Bertz CT molecular complexity index is 1490. The molecule has 0 saturated carbocycles. The number of aromatic nitrogens is 2. The number of benzene rings is 1. The summed E-state index contributed by atoms with van der Waals surface area (Å²) in [6.45, 7) is 10.5. The third kappa shape index (κ3) is 4.48. The molecule has 3 aromatic rings. The number of aromatic amines is 1. The van der Waals surface area contributed by atoms with Crippen LogP contribution in [0.2, 0.25) is 0 Å². The summed E-state index contributed by atoms with van der Waals surface area (Å²) in [5, 5.41) is 10.2. The summed E-state index contributed by atoms with van der Waals surface area (Å²) >= 11 is 0. The number of amides is 1. The third-order valence-corrected chi connectivity index (χ3v) is 8.50. The van der Waals surface area contributed by atoms with Crippen LogP contribution in [0.5, 0.6) is 5.75 Å². The number of aryl methyl sites for hydroxylation is 2. The maximum Gasteiger partial charge on any atom is 0.269 e. The standard InChI is InChI=1S/C26H30N4O5S/c1-15-13-18(14-16(2)22(15)31)20-9-8-19(23(28-20)30-12-10-17(3)26(30,4)5)24(32)29-36(34,35)21-7-6-11-27-25(21)33/h6-9,11,13-14,17,31H,10,12H2,1-5H3,(H,27,33)(H,29,32). The molecular formula is C26H30N4O5S. The first-order valence-corrected chi connectivity index (χ1v) is 13.2. The number of hydrogen-bond acceptors (Lipinski definition) is 7. The van der Waals surface area contributed by atoms with Crippen LogP contribution >= 0.6 is 0 Å². The number of phenols is 1. The molecule has 3 heterocycles. The smallest absolute Gasteiger partial charge is 0.269 e. The van der Waals surface area contributed by atoms with Gasteiger partial charge in [-0.1, -0.05) is 6.92 Å². The minimum absolute atomic E-state index is 0.0871. The van der Waals surface area contributed by atoms with E-state index >= 15 is 0 Å². The summed E-state index contributed by atoms with van der Waals surface area (Å²) in [6.07, 6.45) is 2.20. The molecule has 1 unspecified atom stereocenters. The average Bonchev–Trinajstić information content (AvgIpc) is 3.08. The lowest BCUT2D eigenvalue weighted by molar-refractivity contribution is 0.0981. The number of H-pyrrole nitrogens is 1. The molecule has 2 aromatic heterocycles. The highest BCUT2D eigenvalue weighted by Crippen LogP contribution is 2.39. The molecule has 1 aromatic carbocycles. The Hall–Kier alpha value is -3.66. The van der Waals surface area contributed by atoms with Gasteiger partial charge in [-0.05, 0) is 87.6 Å². The van der Waals surface area contributed by atoms with E-state index in [1.807, 2.05) is 21.8 Å². The number of nitrogens with zero attached hydrogens (tertiary/aromatic N) is 2. The maximum atomic E-state index is 13.3. The minimum Gasteiger partial charge on any atom is -0.507 e. The molecule has 36 heavy (non-hydrogen) atoms. The molecule has 190 valence electrons. The van der Waals surface area contributed by atoms with Crippen molar-refractivity contribution < 1.29 is 18.3 Å². The average molecular weight is 511 g/mol. The number of carbonyl (C=O) groups excluding carboxylic acids is 1. The molecule has 1 atom stereocenters. The van der Waals surface area contributed by atoms with Gasteiger partial charge in [-0.3, -0.25) is 9.59 Å². The second-order valence-electron chi connectivity index (χ2n) is 9.82. The molecular weight excluding hydrogens is 480 g/mol. The van der Waals surface area contributed by atoms with Crippen molar-refractivity contribution in [2.24, 2.45) is 5.92 Å². The highest BCUT2D eigenvalue weighted by atomic mass is 32.2. The van der Waals surface area contributed by atoms with Gasteiger partial charge in [-0.15, -0.1) is 0 Å². The Labute approximate surface area is 210 Å². The van der Waals surface area contributed by atoms with Crippen LogP contribution in [0.4, 0.5) is 5.82 Å². The number of carbonyl (C=O) groups is 1. The zero-order valence-corrected chi connectivity index (χ0v) is 21.7. The summed E-state index contributed by atoms with van der Waals surface area (Å²) in [6, 6.07) is 9.35. The summed E-state index contributed by atoms with van der Waals surface area (Å²) in [4.78, 5) is 34.0. The van der Waals surface area contributed by atoms with Gasteiger partial charge in [0.15, 0.2) is 4.90 Å². The molecule has 1 fully saturated rings. The quantitative estimate of drug-likeness (QED) is 0.478. The molecule has 0 radical (unpaired) electrons. The van der Waals surface area contributed by atoms with Crippen LogP contribution in [0.3, 0.4) is 0 Å². The maximum absolute atomic E-state index is 13.3. The highest BCUT2D eigenvalue weighted by Gasteiger charge is 2.41. The number of rotatable bonds is 5. The van der Waals surface area contributed by atoms with Gasteiger partial charge in [0.1, 0.15) is 11.6 Å². The van der Waals surface area contributed by atoms with E-state index < -0.39 is 26.4 Å². The Morgan fingerprint density at radius 2 is 1.86 bits per heavy atom. The number of pyridine rings is 2. The largest absolute Gasteiger partial charge is 0.507 e. The first-order valence-electron chi connectivity index (χ1n) is 11.7. The van der Waals surface area contributed by atoms with Crippen LogP contribution in [-0.4, -0.2) is 41.5 Å². The second kappa shape index (κ2) is 9.09. The molecule has 1 aliphatic heterocycles. The van der Waals surface area contributed by atoms with Gasteiger partial charge in [-0.2, -0.15) is 0 Å². The minimum atomic E-state index is -4.41. The molecule has 0 aliphatic carbocycles. The van der Waals surface area contributed by atoms with E-state index in [0.29, 0.717) is 35.1 Å². The number of aromatic hydroxyl groups is 1. The van der Waals surface area contributed by atoms with E-state index in [1.54, 1.807) is 26.0 Å². The van der Waals surface area contributed by atoms with Gasteiger partial charge >= 0.3 is 0 Å². The number of anilines is 1. The summed E-state index contributed by atoms with van der Waals surface area (Å²) in [5.41, 5.74) is 1.68. The molecule has 1 amide bonds. The Kier molecular flexibility index (Phi) is 6.42. The Balaban J connectivity index is 1.82. The first-order chi connectivity index (χ1) is 16.8. The van der Waals surface area contributed by atoms with Crippen molar-refractivity contribution in [1.82, 2.24) is 14.7 Å². The fraction of sp³-hybridized carbons (Fsp3) is 0.346. The SMILES string of the molecule is Cc1cc(-c2ccc(C(=O)NS(=O)(=O)c3ccc[nH]c3=O)c(N3CCC(C)C3(C)C)n2)cc(C)c1O. The lowest BCUT2D eigenvalue weighted by Gasteiger charge is -2.36. The van der Waals surface area contributed by atoms with Crippen LogP contribution in [0.15, 0.2) is 52.3 Å². The van der Waals surface area contributed by atoms with Gasteiger partial charge in [0, 0.05) is 23.8 Å². The summed E-state index contributed by atoms with van der Waals surface area (Å²) < 4.78 is 27.7. The lowest BCUT2D eigenvalue weighted by atomic mass is 9.90. The van der Waals surface area contributed by atoms with E-state index in [-0.39, 0.29) is 16.9 Å². The molecule has 1 saturated heterocycles. The fourth-order valence-electron chi connectivity index (χ4n) is 4.55. The molecule has 9 nitrogen and oxygen atoms in total. The number of nitrogens with one attached hydrogen (secondary N) is 2.